The van der Waals surface area contributed by atoms with Gasteiger partial charge in [-0.15, -0.1) is 0 Å². The maximum atomic E-state index is 11.1. The van der Waals surface area contributed by atoms with Crippen molar-refractivity contribution in [3.8, 4) is 0 Å². The normalized spacial score (nSPS) is 10.7. The molecule has 0 aliphatic carbocycles. The van der Waals surface area contributed by atoms with Crippen LogP contribution in [0.4, 0.5) is 5.69 Å². The van der Waals surface area contributed by atoms with Crippen LogP contribution in [0.2, 0.25) is 5.02 Å². The molecule has 5 heteroatoms. The quantitative estimate of drug-likeness (QED) is 0.815. The molecule has 0 spiro atoms. The summed E-state index contributed by atoms with van der Waals surface area (Å²) in [6, 6.07) is 0. The van der Waals surface area contributed by atoms with E-state index in [1.54, 1.807) is 0 Å². The van der Waals surface area contributed by atoms with E-state index in [1.165, 1.54) is 6.20 Å². The lowest BCUT2D eigenvalue weighted by atomic mass is 10.0. The Morgan fingerprint density at radius 1 is 1.53 bits per heavy atom. The second-order valence-corrected chi connectivity index (χ2v) is 3.87. The second-order valence-electron chi connectivity index (χ2n) is 3.49. The smallest absolute Gasteiger partial charge is 0.285 e. The number of halogens is 1. The first-order chi connectivity index (χ1) is 7.19. The average Bonchev–Trinajstić information content (AvgIpc) is 2.25. The predicted molar refractivity (Wildman–Crippen MR) is 62.4 cm³/mol. The molecule has 0 unspecified atom stereocenters. The van der Waals surface area contributed by atoms with Crippen LogP contribution < -0.4 is 10.9 Å². The van der Waals surface area contributed by atoms with E-state index in [2.05, 4.69) is 29.4 Å². The number of aromatic nitrogens is 2. The monoisotopic (exact) mass is 229 g/mol. The molecule has 0 bridgehead atoms. The Kier molecular flexibility index (Phi) is 4.62. The Morgan fingerprint density at radius 2 is 2.20 bits per heavy atom. The zero-order valence-electron chi connectivity index (χ0n) is 9.01. The van der Waals surface area contributed by atoms with E-state index in [9.17, 15) is 4.79 Å². The van der Waals surface area contributed by atoms with Crippen LogP contribution in [0, 0.1) is 5.92 Å². The van der Waals surface area contributed by atoms with Crippen molar-refractivity contribution in [3.05, 3.63) is 21.6 Å². The van der Waals surface area contributed by atoms with E-state index in [0.29, 0.717) is 11.6 Å². The minimum atomic E-state index is -0.355. The average molecular weight is 230 g/mol. The number of nitrogens with zero attached hydrogens (tertiary/aromatic N) is 1. The van der Waals surface area contributed by atoms with Crippen LogP contribution >= 0.6 is 11.6 Å². The topological polar surface area (TPSA) is 57.8 Å². The summed E-state index contributed by atoms with van der Waals surface area (Å²) in [6.45, 7) is 5.11. The van der Waals surface area contributed by atoms with E-state index in [4.69, 9.17) is 11.6 Å². The van der Waals surface area contributed by atoms with Crippen LogP contribution in [0.1, 0.15) is 26.7 Å². The molecule has 84 valence electrons. The molecule has 0 amide bonds. The highest BCUT2D eigenvalue weighted by atomic mass is 35.5. The van der Waals surface area contributed by atoms with Gasteiger partial charge in [-0.1, -0.05) is 38.3 Å². The van der Waals surface area contributed by atoms with Gasteiger partial charge in [-0.3, -0.25) is 4.79 Å². The van der Waals surface area contributed by atoms with E-state index in [1.807, 2.05) is 0 Å². The molecule has 1 aromatic heterocycles. The highest BCUT2D eigenvalue weighted by molar-refractivity contribution is 6.32. The fourth-order valence-electron chi connectivity index (χ4n) is 1.34. The molecule has 1 aromatic rings. The van der Waals surface area contributed by atoms with Gasteiger partial charge in [-0.25, -0.2) is 5.10 Å². The molecule has 0 saturated heterocycles. The van der Waals surface area contributed by atoms with Crippen molar-refractivity contribution in [2.45, 2.75) is 26.7 Å². The Bertz CT molecular complexity index is 360. The maximum absolute atomic E-state index is 11.1. The Labute approximate surface area is 94.0 Å². The zero-order chi connectivity index (χ0) is 11.3. The summed E-state index contributed by atoms with van der Waals surface area (Å²) >= 11 is 5.82. The largest absolute Gasteiger partial charge is 0.382 e. The molecule has 0 radical (unpaired) electrons. The molecular weight excluding hydrogens is 214 g/mol. The number of aromatic amines is 1. The van der Waals surface area contributed by atoms with Crippen LogP contribution in [0.5, 0.6) is 0 Å². The maximum Gasteiger partial charge on any atom is 0.285 e. The molecule has 0 fully saturated rings. The van der Waals surface area contributed by atoms with Crippen molar-refractivity contribution in [1.82, 2.24) is 10.2 Å². The standard InChI is InChI=1S/C10H16ClN3O/c1-3-7(4-2)5-12-8-6-13-14-10(15)9(8)11/h6-7H,3-5H2,1-2H3,(H2,12,14,15). The molecular formula is C10H16ClN3O. The van der Waals surface area contributed by atoms with Gasteiger partial charge in [0.25, 0.3) is 5.56 Å². The lowest BCUT2D eigenvalue weighted by Gasteiger charge is -2.14. The Balaban J connectivity index is 2.65. The van der Waals surface area contributed by atoms with Gasteiger partial charge in [0.15, 0.2) is 0 Å². The third-order valence-corrected chi connectivity index (χ3v) is 2.91. The van der Waals surface area contributed by atoms with Gasteiger partial charge < -0.3 is 5.32 Å². The van der Waals surface area contributed by atoms with Gasteiger partial charge in [-0.05, 0) is 5.92 Å². The fourth-order valence-corrected chi connectivity index (χ4v) is 1.50. The molecule has 0 aliphatic rings. The highest BCUT2D eigenvalue weighted by Gasteiger charge is 2.07. The predicted octanol–water partition coefficient (Wildman–Crippen LogP) is 2.27. The van der Waals surface area contributed by atoms with Crippen LogP contribution in [-0.2, 0) is 0 Å². The first kappa shape index (κ1) is 12.0. The molecule has 0 aliphatic heterocycles. The summed E-state index contributed by atoms with van der Waals surface area (Å²) in [5, 5.41) is 9.29. The van der Waals surface area contributed by atoms with Crippen LogP contribution in [0.25, 0.3) is 0 Å². The van der Waals surface area contributed by atoms with E-state index in [0.717, 1.165) is 19.4 Å². The summed E-state index contributed by atoms with van der Waals surface area (Å²) < 4.78 is 0. The summed E-state index contributed by atoms with van der Waals surface area (Å²) in [5.74, 6) is 0.598. The second kappa shape index (κ2) is 5.75. The number of hydrogen-bond donors (Lipinski definition) is 2. The van der Waals surface area contributed by atoms with Crippen molar-refractivity contribution in [2.24, 2.45) is 5.92 Å². The minimum absolute atomic E-state index is 0.177. The SMILES string of the molecule is CCC(CC)CNc1cn[nH]c(=O)c1Cl. The third kappa shape index (κ3) is 3.23. The molecule has 0 aromatic carbocycles. The van der Waals surface area contributed by atoms with Gasteiger partial charge in [0.2, 0.25) is 0 Å². The number of nitrogens with one attached hydrogen (secondary N) is 2. The van der Waals surface area contributed by atoms with Gasteiger partial charge in [0.05, 0.1) is 11.9 Å². The van der Waals surface area contributed by atoms with Crippen molar-refractivity contribution in [3.63, 3.8) is 0 Å². The van der Waals surface area contributed by atoms with Crippen LogP contribution in [0.3, 0.4) is 0 Å². The zero-order valence-corrected chi connectivity index (χ0v) is 9.77. The third-order valence-electron chi connectivity index (χ3n) is 2.53. The minimum Gasteiger partial charge on any atom is -0.382 e. The Hall–Kier alpha value is -1.03. The van der Waals surface area contributed by atoms with Gasteiger partial charge in [0.1, 0.15) is 5.02 Å². The molecule has 4 nitrogen and oxygen atoms in total. The molecule has 1 heterocycles. The van der Waals surface area contributed by atoms with E-state index >= 15 is 0 Å². The lowest BCUT2D eigenvalue weighted by molar-refractivity contribution is 0.519. The summed E-state index contributed by atoms with van der Waals surface area (Å²) in [6.07, 6.45) is 3.75. The van der Waals surface area contributed by atoms with Gasteiger partial charge in [0, 0.05) is 6.54 Å². The van der Waals surface area contributed by atoms with E-state index < -0.39 is 0 Å². The van der Waals surface area contributed by atoms with Gasteiger partial charge >= 0.3 is 0 Å². The molecule has 0 atom stereocenters. The molecule has 15 heavy (non-hydrogen) atoms. The summed E-state index contributed by atoms with van der Waals surface area (Å²) in [7, 11) is 0. The first-order valence-electron chi connectivity index (χ1n) is 5.16. The van der Waals surface area contributed by atoms with Crippen molar-refractivity contribution in [2.75, 3.05) is 11.9 Å². The first-order valence-corrected chi connectivity index (χ1v) is 5.53. The van der Waals surface area contributed by atoms with Crippen LogP contribution in [-0.4, -0.2) is 16.7 Å². The van der Waals surface area contributed by atoms with Crippen LogP contribution in [0.15, 0.2) is 11.0 Å². The molecule has 0 saturated carbocycles. The summed E-state index contributed by atoms with van der Waals surface area (Å²) in [4.78, 5) is 11.1. The number of H-pyrrole nitrogens is 1. The molecule has 1 rings (SSSR count). The Morgan fingerprint density at radius 3 is 2.80 bits per heavy atom. The lowest BCUT2D eigenvalue weighted by Crippen LogP contribution is -2.16. The number of rotatable bonds is 5. The highest BCUT2D eigenvalue weighted by Crippen LogP contribution is 2.16. The van der Waals surface area contributed by atoms with E-state index in [-0.39, 0.29) is 10.6 Å². The fraction of sp³-hybridized carbons (Fsp3) is 0.600. The summed E-state index contributed by atoms with van der Waals surface area (Å²) in [5.41, 5.74) is 0.249. The number of anilines is 1. The van der Waals surface area contributed by atoms with Crippen molar-refractivity contribution < 1.29 is 0 Å². The molecule has 2 N–H and O–H groups in total. The van der Waals surface area contributed by atoms with Crippen molar-refractivity contribution >= 4 is 17.3 Å². The van der Waals surface area contributed by atoms with Crippen molar-refractivity contribution in [1.29, 1.82) is 0 Å². The van der Waals surface area contributed by atoms with Gasteiger partial charge in [-0.2, -0.15) is 5.10 Å². The number of hydrogen-bond acceptors (Lipinski definition) is 3.